The molecule has 0 spiro atoms. The van der Waals surface area contributed by atoms with Gasteiger partial charge in [-0.05, 0) is 73.0 Å². The molecule has 0 aliphatic heterocycles. The summed E-state index contributed by atoms with van der Waals surface area (Å²) in [5, 5.41) is 3.82. The molecule has 0 heterocycles. The molecule has 0 bridgehead atoms. The minimum Gasteiger partial charge on any atom is -0.497 e. The van der Waals surface area contributed by atoms with Crippen molar-refractivity contribution in [3.8, 4) is 5.75 Å². The van der Waals surface area contributed by atoms with Crippen LogP contribution in [0.25, 0.3) is 0 Å². The first-order valence-electron chi connectivity index (χ1n) is 13.0. The third-order valence-corrected chi connectivity index (χ3v) is 7.73. The number of thioether (sulfide) groups is 1. The van der Waals surface area contributed by atoms with E-state index in [0.29, 0.717) is 30.8 Å². The average Bonchev–Trinajstić information content (AvgIpc) is 2.94. The maximum Gasteiger partial charge on any atom is 0.243 e. The molecule has 0 unspecified atom stereocenters. The van der Waals surface area contributed by atoms with Crippen LogP contribution >= 0.6 is 23.4 Å². The third-order valence-electron chi connectivity index (χ3n) is 6.38. The van der Waals surface area contributed by atoms with Crippen molar-refractivity contribution in [3.63, 3.8) is 0 Å². The molecule has 2 atom stereocenters. The van der Waals surface area contributed by atoms with E-state index >= 15 is 0 Å². The molecule has 0 fully saturated rings. The van der Waals surface area contributed by atoms with Crippen molar-refractivity contribution in [3.05, 3.63) is 95.0 Å². The Hall–Kier alpha value is -2.96. The highest BCUT2D eigenvalue weighted by molar-refractivity contribution is 7.99. The fraction of sp³-hybridized carbons (Fsp3) is 0.355. The largest absolute Gasteiger partial charge is 0.497 e. The molecule has 38 heavy (non-hydrogen) atoms. The summed E-state index contributed by atoms with van der Waals surface area (Å²) in [5.74, 6) is 1.35. The molecular formula is C31H37ClN2O3S. The van der Waals surface area contributed by atoms with Gasteiger partial charge in [-0.3, -0.25) is 9.59 Å². The number of nitrogens with zero attached hydrogens (tertiary/aromatic N) is 1. The first-order valence-corrected chi connectivity index (χ1v) is 14.4. The van der Waals surface area contributed by atoms with Gasteiger partial charge in [0.2, 0.25) is 11.8 Å². The monoisotopic (exact) mass is 552 g/mol. The highest BCUT2D eigenvalue weighted by Gasteiger charge is 2.30. The molecule has 3 aromatic carbocycles. The number of methoxy groups -OCH3 is 1. The van der Waals surface area contributed by atoms with Gasteiger partial charge in [-0.25, -0.2) is 0 Å². The maximum atomic E-state index is 13.7. The molecule has 1 N–H and O–H groups in total. The van der Waals surface area contributed by atoms with Gasteiger partial charge in [-0.2, -0.15) is 0 Å². The van der Waals surface area contributed by atoms with E-state index in [0.717, 1.165) is 33.9 Å². The Morgan fingerprint density at radius 2 is 1.71 bits per heavy atom. The minimum atomic E-state index is -0.631. The Morgan fingerprint density at radius 1 is 1.00 bits per heavy atom. The van der Waals surface area contributed by atoms with Crippen molar-refractivity contribution in [2.24, 2.45) is 0 Å². The number of benzene rings is 3. The first kappa shape index (κ1) is 29.6. The van der Waals surface area contributed by atoms with Gasteiger partial charge in [-0.15, -0.1) is 11.8 Å². The van der Waals surface area contributed by atoms with Crippen molar-refractivity contribution in [2.45, 2.75) is 63.1 Å². The molecule has 0 aliphatic carbocycles. The molecule has 2 amide bonds. The number of amides is 2. The number of hydrogen-bond acceptors (Lipinski definition) is 4. The molecule has 0 saturated carbocycles. The summed E-state index contributed by atoms with van der Waals surface area (Å²) in [6.45, 7) is 4.35. The Labute approximate surface area is 235 Å². The molecule has 3 rings (SSSR count). The summed E-state index contributed by atoms with van der Waals surface area (Å²) >= 11 is 7.68. The summed E-state index contributed by atoms with van der Waals surface area (Å²) < 4.78 is 5.40. The van der Waals surface area contributed by atoms with Crippen LogP contribution in [0.1, 0.15) is 44.2 Å². The van der Waals surface area contributed by atoms with Crippen molar-refractivity contribution in [1.82, 2.24) is 10.2 Å². The molecule has 202 valence electrons. The Bertz CT molecular complexity index is 1160. The van der Waals surface area contributed by atoms with Crippen LogP contribution in [0, 0.1) is 0 Å². The van der Waals surface area contributed by atoms with Crippen LogP contribution in [0.4, 0.5) is 0 Å². The van der Waals surface area contributed by atoms with Crippen molar-refractivity contribution >= 4 is 35.2 Å². The van der Waals surface area contributed by atoms with E-state index in [4.69, 9.17) is 16.3 Å². The topological polar surface area (TPSA) is 58.6 Å². The summed E-state index contributed by atoms with van der Waals surface area (Å²) in [5.41, 5.74) is 1.93. The van der Waals surface area contributed by atoms with E-state index in [1.54, 1.807) is 23.8 Å². The van der Waals surface area contributed by atoms with Crippen molar-refractivity contribution in [1.29, 1.82) is 0 Å². The average molecular weight is 553 g/mol. The number of carbonyl (C=O) groups excluding carboxylic acids is 2. The van der Waals surface area contributed by atoms with Crippen LogP contribution in [0.2, 0.25) is 5.02 Å². The van der Waals surface area contributed by atoms with Crippen LogP contribution in [0.15, 0.2) is 83.8 Å². The number of carbonyl (C=O) groups is 2. The standard InChI is InChI=1S/C31H37ClN2O3S/c1-4-23(2)33-31(36)29(21-24-10-6-5-7-11-24)34(22-25-12-8-13-27(20-25)37-3)30(35)14-9-19-38-28-17-15-26(32)16-18-28/h5-8,10-13,15-18,20,23,29H,4,9,14,19,21-22H2,1-3H3,(H,33,36)/t23-,29-/m1/s1. The Balaban J connectivity index is 1.81. The lowest BCUT2D eigenvalue weighted by Gasteiger charge is -2.32. The lowest BCUT2D eigenvalue weighted by atomic mass is 10.0. The molecule has 5 nitrogen and oxygen atoms in total. The number of hydrogen-bond donors (Lipinski definition) is 1. The second kappa shape index (κ2) is 15.5. The fourth-order valence-electron chi connectivity index (χ4n) is 4.05. The lowest BCUT2D eigenvalue weighted by Crippen LogP contribution is -2.52. The maximum absolute atomic E-state index is 13.7. The number of rotatable bonds is 14. The smallest absolute Gasteiger partial charge is 0.243 e. The number of halogens is 1. The zero-order valence-corrected chi connectivity index (χ0v) is 23.9. The predicted molar refractivity (Wildman–Crippen MR) is 157 cm³/mol. The second-order valence-electron chi connectivity index (χ2n) is 9.30. The molecule has 0 aromatic heterocycles. The first-order chi connectivity index (χ1) is 18.4. The number of nitrogens with one attached hydrogen (secondary N) is 1. The Kier molecular flexibility index (Phi) is 12.0. The van der Waals surface area contributed by atoms with E-state index in [9.17, 15) is 9.59 Å². The van der Waals surface area contributed by atoms with Crippen LogP contribution in [0.5, 0.6) is 5.75 Å². The molecule has 0 aliphatic rings. The molecule has 3 aromatic rings. The highest BCUT2D eigenvalue weighted by Crippen LogP contribution is 2.23. The summed E-state index contributed by atoms with van der Waals surface area (Å²) in [6.07, 6.45) is 2.31. The number of ether oxygens (including phenoxy) is 1. The molecule has 0 saturated heterocycles. The fourth-order valence-corrected chi connectivity index (χ4v) is 5.03. The highest BCUT2D eigenvalue weighted by atomic mass is 35.5. The minimum absolute atomic E-state index is 0.0188. The predicted octanol–water partition coefficient (Wildman–Crippen LogP) is 6.78. The molecule has 7 heteroatoms. The van der Waals surface area contributed by atoms with Crippen LogP contribution in [0.3, 0.4) is 0 Å². The van der Waals surface area contributed by atoms with E-state index in [1.165, 1.54) is 0 Å². The summed E-state index contributed by atoms with van der Waals surface area (Å²) in [4.78, 5) is 30.2. The second-order valence-corrected chi connectivity index (χ2v) is 10.9. The van der Waals surface area contributed by atoms with Gasteiger partial charge in [0, 0.05) is 35.3 Å². The van der Waals surface area contributed by atoms with Crippen LogP contribution in [-0.2, 0) is 22.6 Å². The lowest BCUT2D eigenvalue weighted by molar-refractivity contribution is -0.141. The molecular weight excluding hydrogens is 516 g/mol. The van der Waals surface area contributed by atoms with E-state index in [-0.39, 0.29) is 17.9 Å². The zero-order valence-electron chi connectivity index (χ0n) is 22.4. The van der Waals surface area contributed by atoms with Crippen molar-refractivity contribution in [2.75, 3.05) is 12.9 Å². The molecule has 0 radical (unpaired) electrons. The van der Waals surface area contributed by atoms with Gasteiger partial charge in [0.1, 0.15) is 11.8 Å². The van der Waals surface area contributed by atoms with Gasteiger partial charge in [0.05, 0.1) is 7.11 Å². The third kappa shape index (κ3) is 9.41. The van der Waals surface area contributed by atoms with E-state index in [2.05, 4.69) is 5.32 Å². The van der Waals surface area contributed by atoms with Gasteiger partial charge in [-0.1, -0.05) is 61.0 Å². The quantitative estimate of drug-likeness (QED) is 0.177. The van der Waals surface area contributed by atoms with Gasteiger partial charge < -0.3 is 15.0 Å². The van der Waals surface area contributed by atoms with Gasteiger partial charge >= 0.3 is 0 Å². The van der Waals surface area contributed by atoms with E-state index < -0.39 is 6.04 Å². The van der Waals surface area contributed by atoms with Crippen LogP contribution in [-0.4, -0.2) is 41.7 Å². The van der Waals surface area contributed by atoms with Crippen molar-refractivity contribution < 1.29 is 14.3 Å². The van der Waals surface area contributed by atoms with Crippen LogP contribution < -0.4 is 10.1 Å². The SMILES string of the molecule is CC[C@@H](C)NC(=O)[C@@H](Cc1ccccc1)N(Cc1cccc(OC)c1)C(=O)CCCSc1ccc(Cl)cc1. The summed E-state index contributed by atoms with van der Waals surface area (Å²) in [7, 11) is 1.62. The van der Waals surface area contributed by atoms with E-state index in [1.807, 2.05) is 92.7 Å². The zero-order chi connectivity index (χ0) is 27.3. The Morgan fingerprint density at radius 3 is 2.39 bits per heavy atom. The normalized spacial score (nSPS) is 12.4. The summed E-state index contributed by atoms with van der Waals surface area (Å²) in [6, 6.07) is 24.6. The van der Waals surface area contributed by atoms with Gasteiger partial charge in [0.25, 0.3) is 0 Å². The van der Waals surface area contributed by atoms with Gasteiger partial charge in [0.15, 0.2) is 0 Å².